The highest BCUT2D eigenvalue weighted by Crippen LogP contribution is 2.26. The summed E-state index contributed by atoms with van der Waals surface area (Å²) < 4.78 is 0. The Hall–Kier alpha value is -1.41. The lowest BCUT2D eigenvalue weighted by molar-refractivity contribution is 0.164. The second-order valence-electron chi connectivity index (χ2n) is 5.14. The fourth-order valence-electron chi connectivity index (χ4n) is 2.49. The molecule has 0 aliphatic heterocycles. The van der Waals surface area contributed by atoms with Crippen LogP contribution in [-0.2, 0) is 0 Å². The number of fused-ring (bicyclic) bond motifs is 1. The van der Waals surface area contributed by atoms with E-state index in [2.05, 4.69) is 11.9 Å². The lowest BCUT2D eigenvalue weighted by Crippen LogP contribution is -1.99. The number of unbranched alkanes of at least 4 members (excludes halogenated alkanes) is 4. The van der Waals surface area contributed by atoms with E-state index in [0.717, 1.165) is 29.3 Å². The molecule has 19 heavy (non-hydrogen) atoms. The monoisotopic (exact) mass is 257 g/mol. The number of pyridine rings is 1. The van der Waals surface area contributed by atoms with E-state index in [0.29, 0.717) is 0 Å². The Labute approximate surface area is 115 Å². The molecule has 0 amide bonds. The lowest BCUT2D eigenvalue weighted by Gasteiger charge is -2.12. The van der Waals surface area contributed by atoms with Crippen molar-refractivity contribution in [3.05, 3.63) is 42.1 Å². The van der Waals surface area contributed by atoms with E-state index in [-0.39, 0.29) is 6.10 Å². The van der Waals surface area contributed by atoms with Crippen LogP contribution in [-0.4, -0.2) is 10.1 Å². The second-order valence-corrected chi connectivity index (χ2v) is 5.14. The van der Waals surface area contributed by atoms with Gasteiger partial charge < -0.3 is 5.11 Å². The predicted molar refractivity (Wildman–Crippen MR) is 80.1 cm³/mol. The molecule has 1 N–H and O–H groups in total. The Bertz CT molecular complexity index is 504. The molecule has 1 heterocycles. The molecule has 0 radical (unpaired) electrons. The van der Waals surface area contributed by atoms with E-state index >= 15 is 0 Å². The first-order chi connectivity index (χ1) is 9.33. The van der Waals surface area contributed by atoms with Crippen LogP contribution in [0.3, 0.4) is 0 Å². The van der Waals surface area contributed by atoms with Gasteiger partial charge in [0.15, 0.2) is 0 Å². The molecule has 0 saturated heterocycles. The van der Waals surface area contributed by atoms with Gasteiger partial charge in [0.05, 0.1) is 11.6 Å². The number of para-hydroxylation sites is 1. The fourth-order valence-corrected chi connectivity index (χ4v) is 2.49. The van der Waals surface area contributed by atoms with Crippen molar-refractivity contribution in [1.82, 2.24) is 4.98 Å². The number of aliphatic hydroxyl groups is 1. The lowest BCUT2D eigenvalue weighted by atomic mass is 10.00. The molecule has 1 atom stereocenters. The van der Waals surface area contributed by atoms with Gasteiger partial charge in [-0.3, -0.25) is 4.98 Å². The van der Waals surface area contributed by atoms with Crippen molar-refractivity contribution in [2.24, 2.45) is 0 Å². The van der Waals surface area contributed by atoms with Gasteiger partial charge in [-0.05, 0) is 12.5 Å². The second kappa shape index (κ2) is 7.25. The largest absolute Gasteiger partial charge is 0.388 e. The van der Waals surface area contributed by atoms with Crippen LogP contribution in [0.15, 0.2) is 36.5 Å². The minimum absolute atomic E-state index is 0.389. The molecule has 2 nitrogen and oxygen atoms in total. The minimum Gasteiger partial charge on any atom is -0.388 e. The summed E-state index contributed by atoms with van der Waals surface area (Å²) in [6.07, 6.45) is 8.37. The summed E-state index contributed by atoms with van der Waals surface area (Å²) in [4.78, 5) is 4.40. The summed E-state index contributed by atoms with van der Waals surface area (Å²) in [7, 11) is 0. The van der Waals surface area contributed by atoms with Gasteiger partial charge in [0.1, 0.15) is 0 Å². The van der Waals surface area contributed by atoms with E-state index < -0.39 is 0 Å². The van der Waals surface area contributed by atoms with Crippen molar-refractivity contribution in [1.29, 1.82) is 0 Å². The summed E-state index contributed by atoms with van der Waals surface area (Å²) in [6.45, 7) is 2.22. The Morgan fingerprint density at radius 2 is 1.84 bits per heavy atom. The predicted octanol–water partition coefficient (Wildman–Crippen LogP) is 4.63. The van der Waals surface area contributed by atoms with Crippen LogP contribution in [0, 0.1) is 0 Å². The van der Waals surface area contributed by atoms with Crippen LogP contribution in [0.25, 0.3) is 10.9 Å². The van der Waals surface area contributed by atoms with Crippen molar-refractivity contribution in [3.8, 4) is 0 Å². The third kappa shape index (κ3) is 3.77. The maximum absolute atomic E-state index is 10.3. The number of benzene rings is 1. The van der Waals surface area contributed by atoms with Crippen LogP contribution in [0.5, 0.6) is 0 Å². The number of hydrogen-bond acceptors (Lipinski definition) is 2. The molecule has 0 aliphatic rings. The highest BCUT2D eigenvalue weighted by atomic mass is 16.3. The van der Waals surface area contributed by atoms with Crippen LogP contribution in [0.2, 0.25) is 0 Å². The first-order valence-electron chi connectivity index (χ1n) is 7.34. The van der Waals surface area contributed by atoms with E-state index in [9.17, 15) is 5.11 Å². The number of nitrogens with zero attached hydrogens (tertiary/aromatic N) is 1. The molecule has 2 heteroatoms. The maximum Gasteiger partial charge on any atom is 0.0811 e. The summed E-state index contributed by atoms with van der Waals surface area (Å²) in [6, 6.07) is 10.0. The number of aliphatic hydroxyl groups excluding tert-OH is 1. The maximum atomic E-state index is 10.3. The van der Waals surface area contributed by atoms with Gasteiger partial charge in [0.25, 0.3) is 0 Å². The normalized spacial score (nSPS) is 12.7. The molecular weight excluding hydrogens is 234 g/mol. The minimum atomic E-state index is -0.389. The summed E-state index contributed by atoms with van der Waals surface area (Å²) in [5.41, 5.74) is 1.90. The molecule has 2 aromatic rings. The van der Waals surface area contributed by atoms with E-state index in [1.165, 1.54) is 25.7 Å². The highest BCUT2D eigenvalue weighted by molar-refractivity contribution is 5.81. The molecule has 1 aromatic heterocycles. The van der Waals surface area contributed by atoms with Crippen LogP contribution in [0.4, 0.5) is 0 Å². The first kappa shape index (κ1) is 14.0. The van der Waals surface area contributed by atoms with Gasteiger partial charge >= 0.3 is 0 Å². The van der Waals surface area contributed by atoms with Gasteiger partial charge in [-0.1, -0.05) is 63.3 Å². The van der Waals surface area contributed by atoms with Crippen molar-refractivity contribution >= 4 is 10.9 Å². The topological polar surface area (TPSA) is 33.1 Å². The number of aromatic nitrogens is 1. The standard InChI is InChI=1S/C17H23NO/c1-2-3-4-5-6-12-16(19)15-11-7-9-14-10-8-13-18-17(14)15/h7-11,13,16,19H,2-6,12H2,1H3. The third-order valence-electron chi connectivity index (χ3n) is 3.60. The van der Waals surface area contributed by atoms with Gasteiger partial charge in [0, 0.05) is 17.1 Å². The first-order valence-corrected chi connectivity index (χ1v) is 7.34. The Balaban J connectivity index is 1.99. The molecule has 102 valence electrons. The van der Waals surface area contributed by atoms with Crippen molar-refractivity contribution < 1.29 is 5.11 Å². The van der Waals surface area contributed by atoms with Gasteiger partial charge in [-0.2, -0.15) is 0 Å². The van der Waals surface area contributed by atoms with Crippen molar-refractivity contribution in [2.45, 2.75) is 51.6 Å². The molecule has 0 bridgehead atoms. The number of rotatable bonds is 7. The molecule has 0 aliphatic carbocycles. The number of hydrogen-bond donors (Lipinski definition) is 1. The van der Waals surface area contributed by atoms with Crippen LogP contribution < -0.4 is 0 Å². The quantitative estimate of drug-likeness (QED) is 0.734. The van der Waals surface area contributed by atoms with Gasteiger partial charge in [-0.25, -0.2) is 0 Å². The third-order valence-corrected chi connectivity index (χ3v) is 3.60. The van der Waals surface area contributed by atoms with E-state index in [1.54, 1.807) is 6.20 Å². The van der Waals surface area contributed by atoms with E-state index in [1.807, 2.05) is 30.3 Å². The summed E-state index contributed by atoms with van der Waals surface area (Å²) in [5, 5.41) is 11.4. The van der Waals surface area contributed by atoms with Crippen LogP contribution >= 0.6 is 0 Å². The smallest absolute Gasteiger partial charge is 0.0811 e. The Morgan fingerprint density at radius 1 is 1.05 bits per heavy atom. The van der Waals surface area contributed by atoms with Gasteiger partial charge in [0.2, 0.25) is 0 Å². The molecule has 1 unspecified atom stereocenters. The summed E-state index contributed by atoms with van der Waals surface area (Å²) in [5.74, 6) is 0. The molecular formula is C17H23NO. The van der Waals surface area contributed by atoms with Gasteiger partial charge in [-0.15, -0.1) is 0 Å². The summed E-state index contributed by atoms with van der Waals surface area (Å²) >= 11 is 0. The Kier molecular flexibility index (Phi) is 5.34. The van der Waals surface area contributed by atoms with Crippen molar-refractivity contribution in [2.75, 3.05) is 0 Å². The molecule has 1 aromatic carbocycles. The highest BCUT2D eigenvalue weighted by Gasteiger charge is 2.11. The average Bonchev–Trinajstić information content (AvgIpc) is 2.46. The van der Waals surface area contributed by atoms with E-state index in [4.69, 9.17) is 0 Å². The molecule has 0 fully saturated rings. The molecule has 0 spiro atoms. The van der Waals surface area contributed by atoms with Crippen molar-refractivity contribution in [3.63, 3.8) is 0 Å². The molecule has 2 rings (SSSR count). The zero-order chi connectivity index (χ0) is 13.5. The fraction of sp³-hybridized carbons (Fsp3) is 0.471. The zero-order valence-corrected chi connectivity index (χ0v) is 11.7. The Morgan fingerprint density at radius 3 is 2.68 bits per heavy atom. The molecule has 0 saturated carbocycles. The zero-order valence-electron chi connectivity index (χ0n) is 11.7. The SMILES string of the molecule is CCCCCCCC(O)c1cccc2cccnc12. The average molecular weight is 257 g/mol. The van der Waals surface area contributed by atoms with Crippen LogP contribution in [0.1, 0.15) is 57.1 Å².